The number of hydrogen-bond acceptors (Lipinski definition) is 2. The first-order valence-corrected chi connectivity index (χ1v) is 4.59. The van der Waals surface area contributed by atoms with E-state index in [4.69, 9.17) is 21.1 Å². The van der Waals surface area contributed by atoms with E-state index >= 15 is 0 Å². The Balaban J connectivity index is 1.97. The van der Waals surface area contributed by atoms with E-state index in [-0.39, 0.29) is 5.60 Å². The summed E-state index contributed by atoms with van der Waals surface area (Å²) < 4.78 is 10.7. The van der Waals surface area contributed by atoms with Crippen molar-refractivity contribution >= 4 is 11.6 Å². The predicted octanol–water partition coefficient (Wildman–Crippen LogP) is 2.51. The summed E-state index contributed by atoms with van der Waals surface area (Å²) in [6.45, 7) is 3.36. The molecule has 2 rings (SSSR count). The van der Waals surface area contributed by atoms with Crippen LogP contribution in [0.5, 0.6) is 5.75 Å². The second-order valence-corrected chi connectivity index (χ2v) is 3.86. The van der Waals surface area contributed by atoms with Crippen LogP contribution < -0.4 is 4.74 Å². The molecule has 0 bridgehead atoms. The number of rotatable bonds is 3. The molecule has 1 heterocycles. The molecule has 0 aliphatic carbocycles. The van der Waals surface area contributed by atoms with E-state index in [2.05, 4.69) is 0 Å². The molecular formula is C10H11ClO2. The van der Waals surface area contributed by atoms with Crippen molar-refractivity contribution < 1.29 is 9.47 Å². The molecule has 2 nitrogen and oxygen atoms in total. The van der Waals surface area contributed by atoms with E-state index < -0.39 is 0 Å². The molecule has 0 saturated carbocycles. The first kappa shape index (κ1) is 8.85. The summed E-state index contributed by atoms with van der Waals surface area (Å²) in [7, 11) is 0. The topological polar surface area (TPSA) is 21.8 Å². The van der Waals surface area contributed by atoms with Crippen LogP contribution in [0.2, 0.25) is 5.02 Å². The van der Waals surface area contributed by atoms with Crippen LogP contribution >= 0.6 is 11.6 Å². The lowest BCUT2D eigenvalue weighted by Crippen LogP contribution is -2.16. The number of para-hydroxylation sites is 1. The summed E-state index contributed by atoms with van der Waals surface area (Å²) in [5.41, 5.74) is -0.0842. The fourth-order valence-corrected chi connectivity index (χ4v) is 1.19. The van der Waals surface area contributed by atoms with Crippen molar-refractivity contribution in [1.82, 2.24) is 0 Å². The minimum absolute atomic E-state index is 0.0842. The van der Waals surface area contributed by atoms with Gasteiger partial charge in [-0.05, 0) is 19.1 Å². The fraction of sp³-hybridized carbons (Fsp3) is 0.400. The summed E-state index contributed by atoms with van der Waals surface area (Å²) >= 11 is 5.91. The third kappa shape index (κ3) is 2.14. The summed E-state index contributed by atoms with van der Waals surface area (Å²) in [6, 6.07) is 7.45. The monoisotopic (exact) mass is 198 g/mol. The molecule has 0 aromatic heterocycles. The summed E-state index contributed by atoms with van der Waals surface area (Å²) in [5, 5.41) is 0.645. The van der Waals surface area contributed by atoms with Gasteiger partial charge >= 0.3 is 0 Å². The van der Waals surface area contributed by atoms with Gasteiger partial charge in [0.15, 0.2) is 0 Å². The first-order chi connectivity index (χ1) is 6.20. The van der Waals surface area contributed by atoms with Gasteiger partial charge in [0, 0.05) is 0 Å². The quantitative estimate of drug-likeness (QED) is 0.697. The van der Waals surface area contributed by atoms with Crippen molar-refractivity contribution in [3.05, 3.63) is 29.3 Å². The molecule has 0 radical (unpaired) electrons. The molecule has 1 aliphatic rings. The zero-order valence-corrected chi connectivity index (χ0v) is 8.17. The van der Waals surface area contributed by atoms with Gasteiger partial charge in [0.05, 0.1) is 11.6 Å². The van der Waals surface area contributed by atoms with Gasteiger partial charge in [0.2, 0.25) is 0 Å². The van der Waals surface area contributed by atoms with Crippen LogP contribution in [0.1, 0.15) is 6.92 Å². The zero-order chi connectivity index (χ0) is 9.31. The van der Waals surface area contributed by atoms with Crippen molar-refractivity contribution in [1.29, 1.82) is 0 Å². The maximum Gasteiger partial charge on any atom is 0.138 e. The van der Waals surface area contributed by atoms with Crippen LogP contribution in [-0.2, 0) is 4.74 Å². The van der Waals surface area contributed by atoms with Crippen LogP contribution in [0.4, 0.5) is 0 Å². The molecule has 1 aliphatic heterocycles. The van der Waals surface area contributed by atoms with Crippen LogP contribution in [0.3, 0.4) is 0 Å². The molecule has 0 spiro atoms. The first-order valence-electron chi connectivity index (χ1n) is 4.21. The van der Waals surface area contributed by atoms with Crippen LogP contribution in [0.25, 0.3) is 0 Å². The molecule has 1 fully saturated rings. The van der Waals surface area contributed by atoms with E-state index in [0.717, 1.165) is 12.4 Å². The average molecular weight is 199 g/mol. The Hall–Kier alpha value is -0.730. The van der Waals surface area contributed by atoms with Gasteiger partial charge in [-0.25, -0.2) is 0 Å². The number of halogens is 1. The van der Waals surface area contributed by atoms with E-state index in [0.29, 0.717) is 11.6 Å². The predicted molar refractivity (Wildman–Crippen MR) is 51.3 cm³/mol. The molecule has 0 N–H and O–H groups in total. The lowest BCUT2D eigenvalue weighted by molar-refractivity contribution is 0.202. The maximum atomic E-state index is 5.91. The van der Waals surface area contributed by atoms with Gasteiger partial charge in [-0.2, -0.15) is 0 Å². The van der Waals surface area contributed by atoms with E-state index in [1.54, 1.807) is 0 Å². The smallest absolute Gasteiger partial charge is 0.138 e. The van der Waals surface area contributed by atoms with Crippen LogP contribution in [-0.4, -0.2) is 18.8 Å². The Morgan fingerprint density at radius 1 is 1.54 bits per heavy atom. The summed E-state index contributed by atoms with van der Waals surface area (Å²) in [6.07, 6.45) is 0. The molecule has 1 aromatic carbocycles. The highest BCUT2D eigenvalue weighted by Gasteiger charge is 2.40. The Bertz CT molecular complexity index is 308. The van der Waals surface area contributed by atoms with E-state index in [9.17, 15) is 0 Å². The third-order valence-electron chi connectivity index (χ3n) is 2.01. The second-order valence-electron chi connectivity index (χ2n) is 3.46. The number of hydrogen-bond donors (Lipinski definition) is 0. The largest absolute Gasteiger partial charge is 0.489 e. The molecule has 3 heteroatoms. The minimum Gasteiger partial charge on any atom is -0.489 e. The lowest BCUT2D eigenvalue weighted by Gasteiger charge is -2.09. The number of benzene rings is 1. The van der Waals surface area contributed by atoms with Crippen LogP contribution in [0.15, 0.2) is 24.3 Å². The van der Waals surface area contributed by atoms with Gasteiger partial charge < -0.3 is 9.47 Å². The lowest BCUT2D eigenvalue weighted by atomic mass is 10.2. The molecule has 0 amide bonds. The SMILES string of the molecule is CC1(COc2ccccc2Cl)CO1. The Kier molecular flexibility index (Phi) is 2.18. The highest BCUT2D eigenvalue weighted by atomic mass is 35.5. The highest BCUT2D eigenvalue weighted by Crippen LogP contribution is 2.29. The van der Waals surface area contributed by atoms with Crippen molar-refractivity contribution in [2.24, 2.45) is 0 Å². The van der Waals surface area contributed by atoms with Crippen molar-refractivity contribution in [2.75, 3.05) is 13.2 Å². The summed E-state index contributed by atoms with van der Waals surface area (Å²) in [5.74, 6) is 0.723. The third-order valence-corrected chi connectivity index (χ3v) is 2.32. The highest BCUT2D eigenvalue weighted by molar-refractivity contribution is 6.32. The molecule has 1 aromatic rings. The average Bonchev–Trinajstić information content (AvgIpc) is 2.83. The summed E-state index contributed by atoms with van der Waals surface area (Å²) in [4.78, 5) is 0. The van der Waals surface area contributed by atoms with Gasteiger partial charge in [0.25, 0.3) is 0 Å². The Morgan fingerprint density at radius 3 is 2.85 bits per heavy atom. The molecule has 70 valence electrons. The fourth-order valence-electron chi connectivity index (χ4n) is 0.999. The van der Waals surface area contributed by atoms with Crippen molar-refractivity contribution in [2.45, 2.75) is 12.5 Å². The van der Waals surface area contributed by atoms with E-state index in [1.807, 2.05) is 31.2 Å². The number of ether oxygens (including phenoxy) is 2. The zero-order valence-electron chi connectivity index (χ0n) is 7.42. The maximum absolute atomic E-state index is 5.91. The van der Waals surface area contributed by atoms with Gasteiger partial charge in [-0.3, -0.25) is 0 Å². The molecule has 1 saturated heterocycles. The van der Waals surface area contributed by atoms with Crippen LogP contribution in [0, 0.1) is 0 Å². The second kappa shape index (κ2) is 3.20. The molecule has 1 atom stereocenters. The van der Waals surface area contributed by atoms with Crippen molar-refractivity contribution in [3.8, 4) is 5.75 Å². The number of epoxide rings is 1. The normalized spacial score (nSPS) is 25.7. The van der Waals surface area contributed by atoms with Crippen molar-refractivity contribution in [3.63, 3.8) is 0 Å². The molecular weight excluding hydrogens is 188 g/mol. The Morgan fingerprint density at radius 2 is 2.23 bits per heavy atom. The van der Waals surface area contributed by atoms with Gasteiger partial charge in [-0.1, -0.05) is 23.7 Å². The van der Waals surface area contributed by atoms with Gasteiger partial charge in [-0.15, -0.1) is 0 Å². The standard InChI is InChI=1S/C10H11ClO2/c1-10(7-13-10)6-12-9-5-3-2-4-8(9)11/h2-5H,6-7H2,1H3. The van der Waals surface area contributed by atoms with E-state index in [1.165, 1.54) is 0 Å². The van der Waals surface area contributed by atoms with Gasteiger partial charge in [0.1, 0.15) is 18.0 Å². The molecule has 13 heavy (non-hydrogen) atoms. The Labute approximate surface area is 82.4 Å². The molecule has 1 unspecified atom stereocenters. The minimum atomic E-state index is -0.0842.